The molecule has 0 aliphatic rings. The minimum atomic E-state index is -3.88. The van der Waals surface area contributed by atoms with E-state index in [4.69, 9.17) is 14.6 Å². The van der Waals surface area contributed by atoms with Crippen LogP contribution in [0.2, 0.25) is 0 Å². The second-order valence-electron chi connectivity index (χ2n) is 7.08. The van der Waals surface area contributed by atoms with Crippen molar-refractivity contribution in [3.63, 3.8) is 0 Å². The smallest absolute Gasteiger partial charge is 0.307 e. The first kappa shape index (κ1) is 25.0. The molecule has 0 radical (unpaired) electrons. The van der Waals surface area contributed by atoms with Crippen LogP contribution in [-0.2, 0) is 26.0 Å². The Bertz CT molecular complexity index is 1270. The van der Waals surface area contributed by atoms with Gasteiger partial charge in [0, 0.05) is 18.2 Å². The van der Waals surface area contributed by atoms with Gasteiger partial charge in [0.1, 0.15) is 24.7 Å². The largest absolute Gasteiger partial charge is 0.490 e. The highest BCUT2D eigenvalue weighted by molar-refractivity contribution is 7.94. The van der Waals surface area contributed by atoms with Crippen molar-refractivity contribution in [1.29, 1.82) is 0 Å². The van der Waals surface area contributed by atoms with Crippen LogP contribution < -0.4 is 19.5 Å². The molecule has 1 heterocycles. The summed E-state index contributed by atoms with van der Waals surface area (Å²) in [5, 5.41) is 11.7. The van der Waals surface area contributed by atoms with Gasteiger partial charge in [-0.25, -0.2) is 13.4 Å². The van der Waals surface area contributed by atoms with Gasteiger partial charge in [0.05, 0.1) is 12.1 Å². The third-order valence-corrected chi connectivity index (χ3v) is 7.38. The maximum Gasteiger partial charge on any atom is 0.307 e. The second-order valence-corrected chi connectivity index (χ2v) is 9.95. The molecular weight excluding hydrogens is 482 g/mol. The van der Waals surface area contributed by atoms with Gasteiger partial charge >= 0.3 is 5.97 Å². The number of aliphatic carboxylic acids is 1. The van der Waals surface area contributed by atoms with E-state index in [1.807, 2.05) is 0 Å². The van der Waals surface area contributed by atoms with Gasteiger partial charge in [-0.15, -0.1) is 0 Å². The quantitative estimate of drug-likeness (QED) is 0.337. The SMILES string of the molecule is CC(=O)Nc1nc(C)c(S(=O)(=O)Nc2ccc(OCCOc3ccccc3CC(=O)O)cc2)s1. The van der Waals surface area contributed by atoms with Crippen molar-refractivity contribution < 1.29 is 32.6 Å². The van der Waals surface area contributed by atoms with Gasteiger partial charge < -0.3 is 19.9 Å². The number of carboxylic acids is 1. The predicted molar refractivity (Wildman–Crippen MR) is 127 cm³/mol. The molecule has 0 saturated heterocycles. The second kappa shape index (κ2) is 11.0. The Kier molecular flexibility index (Phi) is 8.08. The summed E-state index contributed by atoms with van der Waals surface area (Å²) in [6.45, 7) is 3.28. The summed E-state index contributed by atoms with van der Waals surface area (Å²) in [6.07, 6.45) is -0.135. The summed E-state index contributed by atoms with van der Waals surface area (Å²) in [5.41, 5.74) is 1.19. The number of carbonyl (C=O) groups is 2. The van der Waals surface area contributed by atoms with E-state index in [1.165, 1.54) is 6.92 Å². The van der Waals surface area contributed by atoms with E-state index in [0.29, 0.717) is 22.7 Å². The highest BCUT2D eigenvalue weighted by Gasteiger charge is 2.22. The standard InChI is InChI=1S/C22H23N3O7S2/c1-14-21(33-22(23-14)24-15(2)26)34(29,30)25-17-7-9-18(10-8-17)31-11-12-32-19-6-4-3-5-16(19)13-20(27)28/h3-10,25H,11-13H2,1-2H3,(H,27,28)(H,23,24,26). The lowest BCUT2D eigenvalue weighted by molar-refractivity contribution is -0.136. The maximum absolute atomic E-state index is 12.7. The molecule has 0 spiro atoms. The van der Waals surface area contributed by atoms with Gasteiger partial charge in [-0.1, -0.05) is 29.5 Å². The van der Waals surface area contributed by atoms with Crippen LogP contribution in [0.25, 0.3) is 0 Å². The van der Waals surface area contributed by atoms with Crippen LogP contribution >= 0.6 is 11.3 Å². The number of nitrogens with one attached hydrogen (secondary N) is 2. The average Bonchev–Trinajstić information content (AvgIpc) is 3.13. The summed E-state index contributed by atoms with van der Waals surface area (Å²) in [5.74, 6) is -0.289. The predicted octanol–water partition coefficient (Wildman–Crippen LogP) is 3.30. The molecule has 0 unspecified atom stereocenters. The number of amides is 1. The lowest BCUT2D eigenvalue weighted by Crippen LogP contribution is -2.13. The van der Waals surface area contributed by atoms with E-state index >= 15 is 0 Å². The first-order valence-corrected chi connectivity index (χ1v) is 12.4. The van der Waals surface area contributed by atoms with E-state index in [0.717, 1.165) is 11.3 Å². The molecule has 3 rings (SSSR count). The highest BCUT2D eigenvalue weighted by atomic mass is 32.2. The van der Waals surface area contributed by atoms with E-state index in [-0.39, 0.29) is 40.6 Å². The van der Waals surface area contributed by atoms with Gasteiger partial charge in [-0.3, -0.25) is 14.3 Å². The summed E-state index contributed by atoms with van der Waals surface area (Å²) in [6, 6.07) is 13.2. The van der Waals surface area contributed by atoms with E-state index in [2.05, 4.69) is 15.0 Å². The molecule has 0 aliphatic heterocycles. The Morgan fingerprint density at radius 1 is 1.06 bits per heavy atom. The molecule has 180 valence electrons. The molecule has 0 aliphatic carbocycles. The zero-order chi connectivity index (χ0) is 24.7. The summed E-state index contributed by atoms with van der Waals surface area (Å²) >= 11 is 0.868. The number of aromatic nitrogens is 1. The molecule has 0 fully saturated rings. The first-order chi connectivity index (χ1) is 16.1. The van der Waals surface area contributed by atoms with Crippen LogP contribution in [0.4, 0.5) is 10.8 Å². The van der Waals surface area contributed by atoms with Crippen molar-refractivity contribution in [3.8, 4) is 11.5 Å². The molecule has 0 bridgehead atoms. The van der Waals surface area contributed by atoms with E-state index < -0.39 is 16.0 Å². The number of carboxylic acid groups (broad SMARTS) is 1. The number of hydrogen-bond acceptors (Lipinski definition) is 8. The van der Waals surface area contributed by atoms with Crippen LogP contribution in [0.1, 0.15) is 18.2 Å². The number of ether oxygens (including phenoxy) is 2. The Morgan fingerprint density at radius 2 is 1.74 bits per heavy atom. The number of sulfonamides is 1. The molecule has 2 aromatic carbocycles. The highest BCUT2D eigenvalue weighted by Crippen LogP contribution is 2.29. The van der Waals surface area contributed by atoms with Gasteiger partial charge in [-0.2, -0.15) is 0 Å². The third kappa shape index (κ3) is 6.93. The number of anilines is 2. The van der Waals surface area contributed by atoms with Crippen LogP contribution in [-0.4, -0.2) is 43.6 Å². The third-order valence-electron chi connectivity index (χ3n) is 4.31. The number of hydrogen-bond donors (Lipinski definition) is 3. The molecule has 1 amide bonds. The summed E-state index contributed by atoms with van der Waals surface area (Å²) in [7, 11) is -3.88. The fourth-order valence-corrected chi connectivity index (χ4v) is 5.44. The van der Waals surface area contributed by atoms with Crippen molar-refractivity contribution in [2.75, 3.05) is 23.3 Å². The average molecular weight is 506 g/mol. The van der Waals surface area contributed by atoms with E-state index in [1.54, 1.807) is 55.5 Å². The van der Waals surface area contributed by atoms with Crippen LogP contribution in [0.3, 0.4) is 0 Å². The number of nitrogens with zero attached hydrogens (tertiary/aromatic N) is 1. The Labute approximate surface area is 200 Å². The Balaban J connectivity index is 1.54. The lowest BCUT2D eigenvalue weighted by Gasteiger charge is -2.12. The minimum absolute atomic E-state index is 0.0110. The van der Waals surface area contributed by atoms with Crippen molar-refractivity contribution in [3.05, 3.63) is 59.8 Å². The fraction of sp³-hybridized carbons (Fsp3) is 0.227. The molecule has 0 atom stereocenters. The van der Waals surface area contributed by atoms with Crippen LogP contribution in [0, 0.1) is 6.92 Å². The number of benzene rings is 2. The molecule has 0 saturated carbocycles. The molecule has 3 aromatic rings. The molecule has 10 nitrogen and oxygen atoms in total. The van der Waals surface area contributed by atoms with Crippen molar-refractivity contribution in [2.45, 2.75) is 24.5 Å². The van der Waals surface area contributed by atoms with Gasteiger partial charge in [0.2, 0.25) is 5.91 Å². The van der Waals surface area contributed by atoms with E-state index in [9.17, 15) is 18.0 Å². The molecule has 12 heteroatoms. The van der Waals surface area contributed by atoms with Crippen molar-refractivity contribution in [1.82, 2.24) is 4.98 Å². The lowest BCUT2D eigenvalue weighted by atomic mass is 10.1. The van der Waals surface area contributed by atoms with Gasteiger partial charge in [0.25, 0.3) is 10.0 Å². The van der Waals surface area contributed by atoms with Gasteiger partial charge in [-0.05, 0) is 37.3 Å². The number of rotatable bonds is 11. The van der Waals surface area contributed by atoms with Gasteiger partial charge in [0.15, 0.2) is 9.34 Å². The van der Waals surface area contributed by atoms with Crippen molar-refractivity contribution in [2.24, 2.45) is 0 Å². The Morgan fingerprint density at radius 3 is 2.41 bits per heavy atom. The fourth-order valence-electron chi connectivity index (χ4n) is 2.92. The number of para-hydroxylation sites is 1. The zero-order valence-electron chi connectivity index (χ0n) is 18.4. The Hall–Kier alpha value is -3.64. The summed E-state index contributed by atoms with van der Waals surface area (Å²) < 4.78 is 39.1. The number of aryl methyl sites for hydroxylation is 1. The molecule has 34 heavy (non-hydrogen) atoms. The van der Waals surface area contributed by atoms with Crippen LogP contribution in [0.5, 0.6) is 11.5 Å². The molecule has 3 N–H and O–H groups in total. The monoisotopic (exact) mass is 505 g/mol. The number of thiazole rings is 1. The van der Waals surface area contributed by atoms with Crippen LogP contribution in [0.15, 0.2) is 52.7 Å². The minimum Gasteiger partial charge on any atom is -0.490 e. The summed E-state index contributed by atoms with van der Waals surface area (Å²) in [4.78, 5) is 26.2. The number of carbonyl (C=O) groups excluding carboxylic acids is 1. The normalized spacial score (nSPS) is 11.0. The molecular formula is C22H23N3O7S2. The topological polar surface area (TPSA) is 144 Å². The first-order valence-electron chi connectivity index (χ1n) is 10.1. The molecule has 1 aromatic heterocycles. The maximum atomic E-state index is 12.7. The van der Waals surface area contributed by atoms with Crippen molar-refractivity contribution >= 4 is 44.1 Å². The zero-order valence-corrected chi connectivity index (χ0v) is 20.0.